The molecule has 0 bridgehead atoms. The molecule has 2 rings (SSSR count). The zero-order valence-electron chi connectivity index (χ0n) is 6.87. The first kappa shape index (κ1) is 8.56. The quantitative estimate of drug-likeness (QED) is 0.791. The molecule has 13 heavy (non-hydrogen) atoms. The van der Waals surface area contributed by atoms with E-state index in [1.807, 2.05) is 12.1 Å². The minimum absolute atomic E-state index is 0.231. The van der Waals surface area contributed by atoms with E-state index in [0.29, 0.717) is 5.75 Å². The number of hydrazone groups is 1. The van der Waals surface area contributed by atoms with Crippen molar-refractivity contribution in [3.63, 3.8) is 0 Å². The Balaban J connectivity index is 2.14. The Hall–Kier alpha value is -1.03. The van der Waals surface area contributed by atoms with E-state index in [-0.39, 0.29) is 6.04 Å². The molecular weight excluding hydrogens is 232 g/mol. The van der Waals surface area contributed by atoms with Crippen LogP contribution in [-0.2, 0) is 0 Å². The summed E-state index contributed by atoms with van der Waals surface area (Å²) < 4.78 is 0.936. The maximum Gasteiger partial charge on any atom is 0.115 e. The number of nitrogens with one attached hydrogen (secondary N) is 1. The van der Waals surface area contributed by atoms with Gasteiger partial charge in [0.05, 0.1) is 6.04 Å². The molecule has 1 heterocycles. The van der Waals surface area contributed by atoms with Crippen molar-refractivity contribution in [1.29, 1.82) is 0 Å². The van der Waals surface area contributed by atoms with Gasteiger partial charge in [0.1, 0.15) is 10.4 Å². The standard InChI is InChI=1S/C9H9BrN2O/c10-9-5-8(11-12-9)6-1-3-7(13)4-2-6/h1-4,8,11,13H,5H2. The van der Waals surface area contributed by atoms with E-state index in [1.54, 1.807) is 12.1 Å². The van der Waals surface area contributed by atoms with Crippen molar-refractivity contribution >= 4 is 20.6 Å². The van der Waals surface area contributed by atoms with Gasteiger partial charge in [0, 0.05) is 6.42 Å². The van der Waals surface area contributed by atoms with Crippen LogP contribution in [0.15, 0.2) is 29.4 Å². The largest absolute Gasteiger partial charge is 0.508 e. The highest BCUT2D eigenvalue weighted by atomic mass is 79.9. The minimum atomic E-state index is 0.231. The molecule has 0 spiro atoms. The van der Waals surface area contributed by atoms with Crippen LogP contribution in [0.5, 0.6) is 5.75 Å². The molecule has 0 saturated heterocycles. The Kier molecular flexibility index (Phi) is 2.22. The molecule has 0 fully saturated rings. The lowest BCUT2D eigenvalue weighted by Crippen LogP contribution is -2.09. The summed E-state index contributed by atoms with van der Waals surface area (Å²) in [7, 11) is 0. The van der Waals surface area contributed by atoms with Crippen molar-refractivity contribution < 1.29 is 5.11 Å². The second-order valence-electron chi connectivity index (χ2n) is 2.97. The average molecular weight is 241 g/mol. The summed E-state index contributed by atoms with van der Waals surface area (Å²) in [5, 5.41) is 13.1. The van der Waals surface area contributed by atoms with Crippen LogP contribution in [0, 0.1) is 0 Å². The van der Waals surface area contributed by atoms with Gasteiger partial charge >= 0.3 is 0 Å². The number of phenolic OH excluding ortho intramolecular Hbond substituents is 1. The van der Waals surface area contributed by atoms with Crippen molar-refractivity contribution in [2.45, 2.75) is 12.5 Å². The monoisotopic (exact) mass is 240 g/mol. The Morgan fingerprint density at radius 3 is 2.62 bits per heavy atom. The Morgan fingerprint density at radius 2 is 2.08 bits per heavy atom. The molecule has 0 saturated carbocycles. The second kappa shape index (κ2) is 3.38. The topological polar surface area (TPSA) is 44.6 Å². The molecule has 1 atom stereocenters. The molecule has 2 N–H and O–H groups in total. The number of phenols is 1. The predicted molar refractivity (Wildman–Crippen MR) is 55.0 cm³/mol. The minimum Gasteiger partial charge on any atom is -0.508 e. The number of halogens is 1. The van der Waals surface area contributed by atoms with Gasteiger partial charge in [-0.1, -0.05) is 12.1 Å². The number of nitrogens with zero attached hydrogens (tertiary/aromatic N) is 1. The smallest absolute Gasteiger partial charge is 0.115 e. The second-order valence-corrected chi connectivity index (χ2v) is 3.88. The summed E-state index contributed by atoms with van der Waals surface area (Å²) in [4.78, 5) is 0. The maximum atomic E-state index is 9.09. The van der Waals surface area contributed by atoms with Crippen molar-refractivity contribution in [3.05, 3.63) is 29.8 Å². The first-order valence-electron chi connectivity index (χ1n) is 4.02. The molecule has 0 aromatic heterocycles. The van der Waals surface area contributed by atoms with Gasteiger partial charge in [0.25, 0.3) is 0 Å². The molecule has 3 nitrogen and oxygen atoms in total. The number of rotatable bonds is 1. The molecule has 0 amide bonds. The molecule has 1 aromatic carbocycles. The van der Waals surface area contributed by atoms with E-state index in [2.05, 4.69) is 26.5 Å². The normalized spacial score (nSPS) is 21.0. The number of aromatic hydroxyl groups is 1. The van der Waals surface area contributed by atoms with Crippen LogP contribution in [0.3, 0.4) is 0 Å². The first-order chi connectivity index (χ1) is 6.25. The molecule has 0 aliphatic carbocycles. The Bertz CT molecular complexity index is 334. The summed E-state index contributed by atoms with van der Waals surface area (Å²) in [5.74, 6) is 0.293. The van der Waals surface area contributed by atoms with E-state index in [0.717, 1.165) is 16.6 Å². The summed E-state index contributed by atoms with van der Waals surface area (Å²) >= 11 is 3.33. The van der Waals surface area contributed by atoms with E-state index >= 15 is 0 Å². The van der Waals surface area contributed by atoms with Gasteiger partial charge in [-0.2, -0.15) is 5.10 Å². The van der Waals surface area contributed by atoms with Crippen LogP contribution in [0.2, 0.25) is 0 Å². The van der Waals surface area contributed by atoms with Crippen LogP contribution in [0.1, 0.15) is 18.0 Å². The van der Waals surface area contributed by atoms with E-state index in [1.165, 1.54) is 0 Å². The van der Waals surface area contributed by atoms with Gasteiger partial charge in [0.2, 0.25) is 0 Å². The fourth-order valence-corrected chi connectivity index (χ4v) is 1.73. The third kappa shape index (κ3) is 1.83. The van der Waals surface area contributed by atoms with Gasteiger partial charge in [-0.25, -0.2) is 0 Å². The molecule has 4 heteroatoms. The van der Waals surface area contributed by atoms with Crippen molar-refractivity contribution in [2.75, 3.05) is 0 Å². The summed E-state index contributed by atoms with van der Waals surface area (Å²) in [5.41, 5.74) is 4.14. The van der Waals surface area contributed by atoms with Gasteiger partial charge in [0.15, 0.2) is 0 Å². The zero-order valence-corrected chi connectivity index (χ0v) is 8.45. The lowest BCUT2D eigenvalue weighted by Gasteiger charge is -2.09. The fraction of sp³-hybridized carbons (Fsp3) is 0.222. The SMILES string of the molecule is Oc1ccc(C2CC(Br)=NN2)cc1. The van der Waals surface area contributed by atoms with Crippen molar-refractivity contribution in [3.8, 4) is 5.75 Å². The lowest BCUT2D eigenvalue weighted by molar-refractivity contribution is 0.474. The molecular formula is C9H9BrN2O. The van der Waals surface area contributed by atoms with Crippen LogP contribution in [0.4, 0.5) is 0 Å². The molecule has 0 radical (unpaired) electrons. The summed E-state index contributed by atoms with van der Waals surface area (Å²) in [6.07, 6.45) is 0.866. The maximum absolute atomic E-state index is 9.09. The van der Waals surface area contributed by atoms with E-state index in [9.17, 15) is 0 Å². The van der Waals surface area contributed by atoms with Crippen molar-refractivity contribution in [2.24, 2.45) is 5.10 Å². The van der Waals surface area contributed by atoms with Gasteiger partial charge < -0.3 is 10.5 Å². The van der Waals surface area contributed by atoms with Gasteiger partial charge in [-0.15, -0.1) is 0 Å². The first-order valence-corrected chi connectivity index (χ1v) is 4.81. The molecule has 1 aliphatic rings. The van der Waals surface area contributed by atoms with Gasteiger partial charge in [-0.05, 0) is 33.6 Å². The fourth-order valence-electron chi connectivity index (χ4n) is 1.31. The zero-order chi connectivity index (χ0) is 9.26. The number of hydrogen-bond acceptors (Lipinski definition) is 3. The highest BCUT2D eigenvalue weighted by molar-refractivity contribution is 9.18. The van der Waals surface area contributed by atoms with Crippen LogP contribution in [-0.4, -0.2) is 9.73 Å². The molecule has 1 aliphatic heterocycles. The summed E-state index contributed by atoms with van der Waals surface area (Å²) in [6.45, 7) is 0. The molecule has 1 unspecified atom stereocenters. The van der Waals surface area contributed by atoms with E-state index in [4.69, 9.17) is 5.11 Å². The van der Waals surface area contributed by atoms with Crippen LogP contribution in [0.25, 0.3) is 0 Å². The lowest BCUT2D eigenvalue weighted by atomic mass is 10.1. The third-order valence-corrected chi connectivity index (χ3v) is 2.51. The van der Waals surface area contributed by atoms with Gasteiger partial charge in [-0.3, -0.25) is 0 Å². The van der Waals surface area contributed by atoms with Crippen molar-refractivity contribution in [1.82, 2.24) is 5.43 Å². The molecule has 68 valence electrons. The highest BCUT2D eigenvalue weighted by Gasteiger charge is 2.17. The van der Waals surface area contributed by atoms with Crippen LogP contribution < -0.4 is 5.43 Å². The Morgan fingerprint density at radius 1 is 1.38 bits per heavy atom. The number of benzene rings is 1. The Labute approximate surface area is 84.6 Å². The van der Waals surface area contributed by atoms with E-state index < -0.39 is 0 Å². The van der Waals surface area contributed by atoms with Crippen LogP contribution >= 0.6 is 15.9 Å². The highest BCUT2D eigenvalue weighted by Crippen LogP contribution is 2.24. The molecule has 1 aromatic rings. The number of hydrogen-bond donors (Lipinski definition) is 2. The predicted octanol–water partition coefficient (Wildman–Crippen LogP) is 2.13. The summed E-state index contributed by atoms with van der Waals surface area (Å²) in [6, 6.07) is 7.39. The third-order valence-electron chi connectivity index (χ3n) is 2.01. The average Bonchev–Trinajstić information content (AvgIpc) is 2.53.